The van der Waals surface area contributed by atoms with Gasteiger partial charge < -0.3 is 4.90 Å². The molecule has 0 amide bonds. The number of hydrogen-bond donors (Lipinski definition) is 1. The molecule has 3 aromatic carbocycles. The van der Waals surface area contributed by atoms with E-state index in [4.69, 9.17) is 0 Å². The predicted molar refractivity (Wildman–Crippen MR) is 114 cm³/mol. The third kappa shape index (κ3) is 4.63. The molecular weight excluding hydrogens is 330 g/mol. The van der Waals surface area contributed by atoms with Gasteiger partial charge in [0, 0.05) is 11.8 Å². The molecule has 3 nitrogen and oxygen atoms in total. The molecule has 1 heterocycles. The van der Waals surface area contributed by atoms with Crippen LogP contribution in [0.25, 0.3) is 16.8 Å². The molecule has 0 saturated carbocycles. The number of benzene rings is 3. The number of nitrogens with one attached hydrogen (secondary N) is 1. The predicted octanol–water partition coefficient (Wildman–Crippen LogP) is 3.24. The lowest BCUT2D eigenvalue weighted by Crippen LogP contribution is -3.13. The van der Waals surface area contributed by atoms with E-state index in [0.29, 0.717) is 0 Å². The molecule has 0 bridgehead atoms. The highest BCUT2D eigenvalue weighted by molar-refractivity contribution is 5.85. The molecular formula is C24H26N3+. The Kier molecular flexibility index (Phi) is 5.61. The summed E-state index contributed by atoms with van der Waals surface area (Å²) >= 11 is 0. The Hall–Kier alpha value is -2.91. The molecule has 27 heavy (non-hydrogen) atoms. The van der Waals surface area contributed by atoms with Crippen molar-refractivity contribution < 1.29 is 4.90 Å². The van der Waals surface area contributed by atoms with Crippen molar-refractivity contribution in [2.24, 2.45) is 5.10 Å². The zero-order chi connectivity index (χ0) is 18.3. The van der Waals surface area contributed by atoms with Gasteiger partial charge in [0.25, 0.3) is 0 Å². The Morgan fingerprint density at radius 2 is 1.59 bits per heavy atom. The summed E-state index contributed by atoms with van der Waals surface area (Å²) in [7, 11) is 0. The van der Waals surface area contributed by atoms with Crippen LogP contribution in [0.4, 0.5) is 0 Å². The normalized spacial score (nSPS) is 15.9. The van der Waals surface area contributed by atoms with E-state index >= 15 is 0 Å². The molecule has 0 radical (unpaired) electrons. The first-order chi connectivity index (χ1) is 13.4. The first-order valence-electron chi connectivity index (χ1n) is 9.69. The van der Waals surface area contributed by atoms with Gasteiger partial charge in [-0.05, 0) is 22.4 Å². The lowest BCUT2D eigenvalue weighted by Gasteiger charge is -2.30. The summed E-state index contributed by atoms with van der Waals surface area (Å²) < 4.78 is 0. The molecule has 0 aliphatic carbocycles. The average Bonchev–Trinajstić information content (AvgIpc) is 2.73. The highest BCUT2D eigenvalue weighted by Crippen LogP contribution is 2.17. The summed E-state index contributed by atoms with van der Waals surface area (Å²) in [4.78, 5) is 1.64. The summed E-state index contributed by atoms with van der Waals surface area (Å²) in [5.41, 5.74) is 2.65. The Bertz CT molecular complexity index is 917. The molecule has 0 spiro atoms. The van der Waals surface area contributed by atoms with Gasteiger partial charge in [0.1, 0.15) is 6.54 Å². The van der Waals surface area contributed by atoms with Crippen LogP contribution < -0.4 is 4.90 Å². The molecule has 1 aliphatic rings. The van der Waals surface area contributed by atoms with Gasteiger partial charge in [0.2, 0.25) is 0 Å². The molecule has 1 fully saturated rings. The van der Waals surface area contributed by atoms with E-state index in [9.17, 15) is 0 Å². The molecule has 3 heteroatoms. The second-order valence-corrected chi connectivity index (χ2v) is 7.05. The van der Waals surface area contributed by atoms with E-state index in [1.165, 1.54) is 21.9 Å². The van der Waals surface area contributed by atoms with Crippen molar-refractivity contribution in [3.63, 3.8) is 0 Å². The standard InChI is InChI=1S/C24H25N3/c1-2-8-21(9-3-1)10-7-15-25-27-18-16-26(17-19-27)20-23-13-6-12-22-11-4-5-14-24(22)23/h1-15H,16-20H2/p+1/b10-7+,25-15-. The van der Waals surface area contributed by atoms with Gasteiger partial charge in [-0.2, -0.15) is 5.10 Å². The molecule has 0 unspecified atom stereocenters. The monoisotopic (exact) mass is 356 g/mol. The minimum Gasteiger partial charge on any atom is -0.328 e. The van der Waals surface area contributed by atoms with Crippen LogP contribution >= 0.6 is 0 Å². The van der Waals surface area contributed by atoms with Gasteiger partial charge in [0.05, 0.1) is 26.2 Å². The van der Waals surface area contributed by atoms with E-state index < -0.39 is 0 Å². The maximum absolute atomic E-state index is 4.60. The fourth-order valence-corrected chi connectivity index (χ4v) is 3.67. The van der Waals surface area contributed by atoms with Gasteiger partial charge in [-0.15, -0.1) is 0 Å². The van der Waals surface area contributed by atoms with Crippen molar-refractivity contribution in [1.82, 2.24) is 5.01 Å². The van der Waals surface area contributed by atoms with Crippen molar-refractivity contribution in [3.8, 4) is 0 Å². The van der Waals surface area contributed by atoms with E-state index in [1.807, 2.05) is 18.4 Å². The Balaban J connectivity index is 1.30. The summed E-state index contributed by atoms with van der Waals surface area (Å²) in [5, 5.41) is 9.50. The minimum atomic E-state index is 1.01. The van der Waals surface area contributed by atoms with Crippen LogP contribution in [0.15, 0.2) is 84.0 Å². The van der Waals surface area contributed by atoms with Crippen molar-refractivity contribution >= 4 is 23.1 Å². The smallest absolute Gasteiger partial charge is 0.104 e. The van der Waals surface area contributed by atoms with Gasteiger partial charge in [-0.1, -0.05) is 78.9 Å². The van der Waals surface area contributed by atoms with E-state index in [1.54, 1.807) is 4.90 Å². The fraction of sp³-hybridized carbons (Fsp3) is 0.208. The molecule has 1 N–H and O–H groups in total. The number of quaternary nitrogens is 1. The SMILES string of the molecule is C(/C=C/c1ccccc1)=N/N1CC[NH+](Cc2cccc3ccccc23)CC1. The van der Waals surface area contributed by atoms with E-state index in [-0.39, 0.29) is 0 Å². The van der Waals surface area contributed by atoms with E-state index in [0.717, 1.165) is 32.7 Å². The summed E-state index contributed by atoms with van der Waals surface area (Å²) in [6.45, 7) is 5.37. The number of fused-ring (bicyclic) bond motifs is 1. The molecule has 1 aliphatic heterocycles. The highest BCUT2D eigenvalue weighted by Gasteiger charge is 2.19. The third-order valence-corrected chi connectivity index (χ3v) is 5.17. The number of allylic oxidation sites excluding steroid dienone is 1. The number of hydrazone groups is 1. The zero-order valence-electron chi connectivity index (χ0n) is 15.6. The van der Waals surface area contributed by atoms with Crippen LogP contribution in [-0.4, -0.2) is 37.4 Å². The van der Waals surface area contributed by atoms with Gasteiger partial charge >= 0.3 is 0 Å². The second-order valence-electron chi connectivity index (χ2n) is 7.05. The number of rotatable bonds is 5. The summed E-state index contributed by atoms with van der Waals surface area (Å²) in [5.74, 6) is 0. The highest BCUT2D eigenvalue weighted by atomic mass is 15.5. The average molecular weight is 356 g/mol. The fourth-order valence-electron chi connectivity index (χ4n) is 3.67. The lowest BCUT2D eigenvalue weighted by atomic mass is 10.0. The maximum atomic E-state index is 4.60. The lowest BCUT2D eigenvalue weighted by molar-refractivity contribution is -0.918. The first-order valence-corrected chi connectivity index (χ1v) is 9.69. The van der Waals surface area contributed by atoms with Crippen LogP contribution in [0.5, 0.6) is 0 Å². The molecule has 0 aromatic heterocycles. The maximum Gasteiger partial charge on any atom is 0.104 e. The van der Waals surface area contributed by atoms with Gasteiger partial charge in [-0.3, -0.25) is 5.01 Å². The number of hydrogen-bond acceptors (Lipinski definition) is 2. The van der Waals surface area contributed by atoms with Crippen LogP contribution in [0.1, 0.15) is 11.1 Å². The summed E-state index contributed by atoms with van der Waals surface area (Å²) in [6, 6.07) is 25.7. The van der Waals surface area contributed by atoms with Crippen LogP contribution in [0.2, 0.25) is 0 Å². The molecule has 3 aromatic rings. The van der Waals surface area contributed by atoms with Crippen molar-refractivity contribution in [2.45, 2.75) is 6.54 Å². The Morgan fingerprint density at radius 1 is 0.852 bits per heavy atom. The number of piperazine rings is 1. The van der Waals surface area contributed by atoms with Crippen LogP contribution in [-0.2, 0) is 6.54 Å². The Labute approximate surface area is 161 Å². The third-order valence-electron chi connectivity index (χ3n) is 5.17. The van der Waals surface area contributed by atoms with Crippen LogP contribution in [0, 0.1) is 0 Å². The molecule has 4 rings (SSSR count). The number of nitrogens with zero attached hydrogens (tertiary/aromatic N) is 2. The van der Waals surface area contributed by atoms with Crippen molar-refractivity contribution in [2.75, 3.05) is 26.2 Å². The Morgan fingerprint density at radius 3 is 2.44 bits per heavy atom. The minimum absolute atomic E-state index is 1.01. The quantitative estimate of drug-likeness (QED) is 0.696. The van der Waals surface area contributed by atoms with Crippen molar-refractivity contribution in [1.29, 1.82) is 0 Å². The first kappa shape index (κ1) is 17.5. The molecule has 136 valence electrons. The van der Waals surface area contributed by atoms with Gasteiger partial charge in [0.15, 0.2) is 0 Å². The van der Waals surface area contributed by atoms with Crippen molar-refractivity contribution in [3.05, 3.63) is 90.0 Å². The molecule has 0 atom stereocenters. The zero-order valence-corrected chi connectivity index (χ0v) is 15.6. The van der Waals surface area contributed by atoms with E-state index in [2.05, 4.69) is 82.9 Å². The summed E-state index contributed by atoms with van der Waals surface area (Å²) in [6.07, 6.45) is 6.01. The van der Waals surface area contributed by atoms with Crippen LogP contribution in [0.3, 0.4) is 0 Å². The largest absolute Gasteiger partial charge is 0.328 e. The molecule has 1 saturated heterocycles. The second kappa shape index (κ2) is 8.65. The van der Waals surface area contributed by atoms with Gasteiger partial charge in [-0.25, -0.2) is 0 Å². The topological polar surface area (TPSA) is 20.0 Å².